The van der Waals surface area contributed by atoms with Crippen molar-refractivity contribution >= 4 is 23.1 Å². The van der Waals surface area contributed by atoms with Crippen molar-refractivity contribution < 1.29 is 5.11 Å². The van der Waals surface area contributed by atoms with E-state index in [9.17, 15) is 0 Å². The summed E-state index contributed by atoms with van der Waals surface area (Å²) in [5, 5.41) is 11.1. The molecule has 3 heteroatoms. The summed E-state index contributed by atoms with van der Waals surface area (Å²) in [4.78, 5) is 1.13. The molecular formula is C5H6OS2. The Balaban J connectivity index is 2.84. The van der Waals surface area contributed by atoms with E-state index in [4.69, 9.17) is 5.11 Å². The quantitative estimate of drug-likeness (QED) is 0.613. The molecule has 0 saturated carbocycles. The molecule has 1 aromatic heterocycles. The van der Waals surface area contributed by atoms with E-state index in [-0.39, 0.29) is 0 Å². The summed E-state index contributed by atoms with van der Waals surface area (Å²) in [6.07, 6.45) is 1.99. The zero-order valence-corrected chi connectivity index (χ0v) is 6.05. The minimum atomic E-state index is 0.398. The summed E-state index contributed by atoms with van der Waals surface area (Å²) < 4.78 is 0. The van der Waals surface area contributed by atoms with Gasteiger partial charge in [-0.1, -0.05) is 0 Å². The molecule has 0 spiro atoms. The van der Waals surface area contributed by atoms with Gasteiger partial charge in [-0.25, -0.2) is 0 Å². The number of aromatic hydroxyl groups is 1. The third-order valence-electron chi connectivity index (χ3n) is 0.797. The lowest BCUT2D eigenvalue weighted by Crippen LogP contribution is -1.51. The SMILES string of the molecule is CSc1csc(O)c1. The molecule has 44 valence electrons. The lowest BCUT2D eigenvalue weighted by atomic mass is 10.6. The Labute approximate surface area is 56.4 Å². The lowest BCUT2D eigenvalue weighted by molar-refractivity contribution is 0.490. The van der Waals surface area contributed by atoms with Crippen molar-refractivity contribution in [3.05, 3.63) is 11.4 Å². The van der Waals surface area contributed by atoms with Crippen molar-refractivity contribution in [3.8, 4) is 5.06 Å². The highest BCUT2D eigenvalue weighted by Crippen LogP contribution is 2.26. The van der Waals surface area contributed by atoms with Gasteiger partial charge in [0.05, 0.1) is 0 Å². The van der Waals surface area contributed by atoms with Crippen LogP contribution in [0.5, 0.6) is 5.06 Å². The largest absolute Gasteiger partial charge is 0.499 e. The van der Waals surface area contributed by atoms with Crippen molar-refractivity contribution in [1.29, 1.82) is 0 Å². The number of hydrogen-bond donors (Lipinski definition) is 1. The predicted molar refractivity (Wildman–Crippen MR) is 37.8 cm³/mol. The Morgan fingerprint density at radius 2 is 2.50 bits per heavy atom. The van der Waals surface area contributed by atoms with Crippen molar-refractivity contribution in [2.45, 2.75) is 4.90 Å². The van der Waals surface area contributed by atoms with Crippen LogP contribution < -0.4 is 0 Å². The van der Waals surface area contributed by atoms with Crippen LogP contribution in [0.15, 0.2) is 16.3 Å². The second-order valence-electron chi connectivity index (χ2n) is 1.32. The molecule has 0 saturated heterocycles. The highest BCUT2D eigenvalue weighted by atomic mass is 32.2. The molecule has 1 N–H and O–H groups in total. The van der Waals surface area contributed by atoms with E-state index in [1.807, 2.05) is 11.6 Å². The molecule has 1 rings (SSSR count). The van der Waals surface area contributed by atoms with Gasteiger partial charge in [0, 0.05) is 16.3 Å². The molecule has 0 unspecified atom stereocenters. The molecule has 0 aliphatic rings. The van der Waals surface area contributed by atoms with Crippen LogP contribution >= 0.6 is 23.1 Å². The molecule has 0 aliphatic carbocycles. The summed E-state index contributed by atoms with van der Waals surface area (Å²) in [5.74, 6) is 0. The van der Waals surface area contributed by atoms with Gasteiger partial charge in [0.1, 0.15) is 0 Å². The molecule has 1 aromatic rings. The molecule has 0 aliphatic heterocycles. The fraction of sp³-hybridized carbons (Fsp3) is 0.200. The summed E-state index contributed by atoms with van der Waals surface area (Å²) in [6, 6.07) is 1.76. The maximum Gasteiger partial charge on any atom is 0.172 e. The third kappa shape index (κ3) is 1.17. The number of thiophene rings is 1. The van der Waals surface area contributed by atoms with E-state index >= 15 is 0 Å². The molecule has 0 aromatic carbocycles. The van der Waals surface area contributed by atoms with Crippen LogP contribution in [-0.2, 0) is 0 Å². The fourth-order valence-electron chi connectivity index (χ4n) is 0.415. The first-order valence-electron chi connectivity index (χ1n) is 2.14. The van der Waals surface area contributed by atoms with Gasteiger partial charge < -0.3 is 5.11 Å². The topological polar surface area (TPSA) is 20.2 Å². The van der Waals surface area contributed by atoms with Gasteiger partial charge in [0.25, 0.3) is 0 Å². The summed E-state index contributed by atoms with van der Waals surface area (Å²) in [7, 11) is 0. The monoisotopic (exact) mass is 146 g/mol. The highest BCUT2D eigenvalue weighted by Gasteiger charge is 1.92. The summed E-state index contributed by atoms with van der Waals surface area (Å²) >= 11 is 3.00. The van der Waals surface area contributed by atoms with Gasteiger partial charge in [-0.2, -0.15) is 0 Å². The predicted octanol–water partition coefficient (Wildman–Crippen LogP) is 2.18. The standard InChI is InChI=1S/C5H6OS2/c1-7-4-2-5(6)8-3-4/h2-3,6H,1H3. The molecule has 0 amide bonds. The van der Waals surface area contributed by atoms with E-state index < -0.39 is 0 Å². The average molecular weight is 146 g/mol. The second kappa shape index (κ2) is 2.42. The van der Waals surface area contributed by atoms with Gasteiger partial charge in [0.15, 0.2) is 5.06 Å². The molecular weight excluding hydrogens is 140 g/mol. The Morgan fingerprint density at radius 1 is 1.75 bits per heavy atom. The third-order valence-corrected chi connectivity index (χ3v) is 2.38. The van der Waals surface area contributed by atoms with E-state index in [1.54, 1.807) is 17.8 Å². The molecule has 0 atom stereocenters. The minimum absolute atomic E-state index is 0.398. The van der Waals surface area contributed by atoms with Crippen LogP contribution in [0.3, 0.4) is 0 Å². The van der Waals surface area contributed by atoms with Crippen LogP contribution in [0, 0.1) is 0 Å². The minimum Gasteiger partial charge on any atom is -0.499 e. The zero-order chi connectivity index (χ0) is 5.98. The smallest absolute Gasteiger partial charge is 0.172 e. The van der Waals surface area contributed by atoms with Crippen LogP contribution in [0.25, 0.3) is 0 Å². The first-order chi connectivity index (χ1) is 3.83. The number of thioether (sulfide) groups is 1. The molecule has 1 nitrogen and oxygen atoms in total. The fourth-order valence-corrected chi connectivity index (χ4v) is 1.75. The molecule has 0 fully saturated rings. The lowest BCUT2D eigenvalue weighted by Gasteiger charge is -1.79. The van der Waals surface area contributed by atoms with Crippen molar-refractivity contribution in [2.24, 2.45) is 0 Å². The van der Waals surface area contributed by atoms with E-state index in [1.165, 1.54) is 11.3 Å². The Kier molecular flexibility index (Phi) is 1.81. The summed E-state index contributed by atoms with van der Waals surface area (Å²) in [5.41, 5.74) is 0. The number of rotatable bonds is 1. The molecule has 1 heterocycles. The maximum absolute atomic E-state index is 8.79. The van der Waals surface area contributed by atoms with Gasteiger partial charge in [-0.3, -0.25) is 0 Å². The molecule has 8 heavy (non-hydrogen) atoms. The number of hydrogen-bond acceptors (Lipinski definition) is 3. The Morgan fingerprint density at radius 3 is 2.75 bits per heavy atom. The average Bonchev–Trinajstić information content (AvgIpc) is 2.14. The first-order valence-corrected chi connectivity index (χ1v) is 4.25. The molecule has 0 bridgehead atoms. The maximum atomic E-state index is 8.79. The van der Waals surface area contributed by atoms with Gasteiger partial charge in [-0.15, -0.1) is 23.1 Å². The highest BCUT2D eigenvalue weighted by molar-refractivity contribution is 7.98. The molecule has 0 radical (unpaired) electrons. The van der Waals surface area contributed by atoms with Crippen molar-refractivity contribution in [3.63, 3.8) is 0 Å². The van der Waals surface area contributed by atoms with E-state index in [0.29, 0.717) is 5.06 Å². The zero-order valence-electron chi connectivity index (χ0n) is 4.42. The second-order valence-corrected chi connectivity index (χ2v) is 3.09. The Hall–Kier alpha value is -0.150. The van der Waals surface area contributed by atoms with Gasteiger partial charge >= 0.3 is 0 Å². The van der Waals surface area contributed by atoms with Crippen LogP contribution in [-0.4, -0.2) is 11.4 Å². The van der Waals surface area contributed by atoms with Crippen LogP contribution in [0.1, 0.15) is 0 Å². The van der Waals surface area contributed by atoms with Gasteiger partial charge in [0.2, 0.25) is 0 Å². The Bertz CT molecular complexity index is 171. The van der Waals surface area contributed by atoms with Crippen molar-refractivity contribution in [2.75, 3.05) is 6.26 Å². The van der Waals surface area contributed by atoms with Gasteiger partial charge in [-0.05, 0) is 6.26 Å². The van der Waals surface area contributed by atoms with Crippen LogP contribution in [0.2, 0.25) is 0 Å². The first kappa shape index (κ1) is 5.98. The normalized spacial score (nSPS) is 9.62. The van der Waals surface area contributed by atoms with Crippen molar-refractivity contribution in [1.82, 2.24) is 0 Å². The van der Waals surface area contributed by atoms with E-state index in [2.05, 4.69) is 0 Å². The van der Waals surface area contributed by atoms with E-state index in [0.717, 1.165) is 4.90 Å². The van der Waals surface area contributed by atoms with Crippen LogP contribution in [0.4, 0.5) is 0 Å². The summed E-state index contributed by atoms with van der Waals surface area (Å²) in [6.45, 7) is 0.